The van der Waals surface area contributed by atoms with E-state index in [1.54, 1.807) is 0 Å². The van der Waals surface area contributed by atoms with E-state index < -0.39 is 11.7 Å². The summed E-state index contributed by atoms with van der Waals surface area (Å²) in [5, 5.41) is 3.75. The van der Waals surface area contributed by atoms with Gasteiger partial charge in [0.1, 0.15) is 0 Å². The van der Waals surface area contributed by atoms with E-state index >= 15 is 0 Å². The molecule has 4 nitrogen and oxygen atoms in total. The van der Waals surface area contributed by atoms with E-state index in [4.69, 9.17) is 10.3 Å². The number of halogens is 3. The second-order valence-corrected chi connectivity index (χ2v) is 4.76. The van der Waals surface area contributed by atoms with Gasteiger partial charge in [-0.3, -0.25) is 0 Å². The Morgan fingerprint density at radius 1 is 1.33 bits per heavy atom. The van der Waals surface area contributed by atoms with Gasteiger partial charge in [-0.15, -0.1) is 0 Å². The monoisotopic (exact) mass is 299 g/mol. The molecule has 1 aromatic heterocycles. The van der Waals surface area contributed by atoms with Crippen molar-refractivity contribution in [1.29, 1.82) is 0 Å². The summed E-state index contributed by atoms with van der Waals surface area (Å²) in [6, 6.07) is 4.85. The van der Waals surface area contributed by atoms with Gasteiger partial charge in [-0.05, 0) is 18.6 Å². The zero-order valence-corrected chi connectivity index (χ0v) is 11.5. The van der Waals surface area contributed by atoms with Gasteiger partial charge >= 0.3 is 6.18 Å². The molecule has 0 saturated carbocycles. The smallest absolute Gasteiger partial charge is 0.339 e. The van der Waals surface area contributed by atoms with Crippen LogP contribution in [0, 0.1) is 0 Å². The summed E-state index contributed by atoms with van der Waals surface area (Å²) in [6.45, 7) is 2.37. The van der Waals surface area contributed by atoms with E-state index in [-0.39, 0.29) is 17.3 Å². The second kappa shape index (κ2) is 6.26. The Morgan fingerprint density at radius 3 is 2.71 bits per heavy atom. The molecule has 1 heterocycles. The van der Waals surface area contributed by atoms with Gasteiger partial charge in [0.2, 0.25) is 11.7 Å². The van der Waals surface area contributed by atoms with Crippen molar-refractivity contribution in [3.63, 3.8) is 0 Å². The van der Waals surface area contributed by atoms with Crippen LogP contribution < -0.4 is 5.73 Å². The van der Waals surface area contributed by atoms with Gasteiger partial charge in [-0.2, -0.15) is 18.2 Å². The van der Waals surface area contributed by atoms with Crippen molar-refractivity contribution >= 4 is 0 Å². The number of alkyl halides is 3. The van der Waals surface area contributed by atoms with Crippen LogP contribution in [-0.2, 0) is 6.18 Å². The lowest BCUT2D eigenvalue weighted by Gasteiger charge is -2.07. The average Bonchev–Trinajstić information content (AvgIpc) is 2.93. The van der Waals surface area contributed by atoms with Crippen molar-refractivity contribution in [3.05, 3.63) is 35.7 Å². The highest BCUT2D eigenvalue weighted by molar-refractivity contribution is 5.55. The SMILES string of the molecule is CCCC(CN)c1nc(-c2cccc(C(F)(F)F)c2)no1. The number of hydrogen-bond donors (Lipinski definition) is 1. The Morgan fingerprint density at radius 2 is 2.10 bits per heavy atom. The maximum absolute atomic E-state index is 12.7. The van der Waals surface area contributed by atoms with E-state index in [0.29, 0.717) is 12.4 Å². The van der Waals surface area contributed by atoms with Gasteiger partial charge < -0.3 is 10.3 Å². The topological polar surface area (TPSA) is 64.9 Å². The Labute approximate surface area is 120 Å². The molecule has 2 N–H and O–H groups in total. The van der Waals surface area contributed by atoms with Crippen LogP contribution in [0.4, 0.5) is 13.2 Å². The third kappa shape index (κ3) is 3.60. The number of nitrogens with two attached hydrogens (primary N) is 1. The molecule has 2 rings (SSSR count). The molecule has 0 radical (unpaired) electrons. The number of aromatic nitrogens is 2. The minimum absolute atomic E-state index is 0.0675. The molecule has 0 saturated heterocycles. The number of nitrogens with zero attached hydrogens (tertiary/aromatic N) is 2. The van der Waals surface area contributed by atoms with Crippen LogP contribution in [0.15, 0.2) is 28.8 Å². The first-order chi connectivity index (χ1) is 9.95. The zero-order chi connectivity index (χ0) is 15.5. The standard InChI is InChI=1S/C14H16F3N3O/c1-2-4-10(8-18)13-19-12(20-21-13)9-5-3-6-11(7-9)14(15,16)17/h3,5-7,10H,2,4,8,18H2,1H3. The zero-order valence-electron chi connectivity index (χ0n) is 11.5. The van der Waals surface area contributed by atoms with Crippen molar-refractivity contribution < 1.29 is 17.7 Å². The van der Waals surface area contributed by atoms with E-state index in [1.165, 1.54) is 12.1 Å². The summed E-state index contributed by atoms with van der Waals surface area (Å²) in [5.74, 6) is 0.444. The third-order valence-electron chi connectivity index (χ3n) is 3.16. The highest BCUT2D eigenvalue weighted by Gasteiger charge is 2.30. The minimum Gasteiger partial charge on any atom is -0.339 e. The van der Waals surface area contributed by atoms with Crippen LogP contribution in [0.1, 0.15) is 37.1 Å². The van der Waals surface area contributed by atoms with Gasteiger partial charge in [0.25, 0.3) is 0 Å². The van der Waals surface area contributed by atoms with Gasteiger partial charge in [0, 0.05) is 12.1 Å². The fraction of sp³-hybridized carbons (Fsp3) is 0.429. The quantitative estimate of drug-likeness (QED) is 0.916. The van der Waals surface area contributed by atoms with Crippen molar-refractivity contribution in [2.75, 3.05) is 6.54 Å². The first-order valence-corrected chi connectivity index (χ1v) is 6.67. The van der Waals surface area contributed by atoms with Gasteiger partial charge in [-0.1, -0.05) is 30.6 Å². The molecule has 21 heavy (non-hydrogen) atoms. The van der Waals surface area contributed by atoms with Crippen LogP contribution in [-0.4, -0.2) is 16.7 Å². The summed E-state index contributed by atoms with van der Waals surface area (Å²) < 4.78 is 43.2. The second-order valence-electron chi connectivity index (χ2n) is 4.76. The van der Waals surface area contributed by atoms with Gasteiger partial charge in [-0.25, -0.2) is 0 Å². The Balaban J connectivity index is 2.29. The molecular formula is C14H16F3N3O. The van der Waals surface area contributed by atoms with Crippen LogP contribution >= 0.6 is 0 Å². The largest absolute Gasteiger partial charge is 0.416 e. The van der Waals surface area contributed by atoms with E-state index in [1.807, 2.05) is 6.92 Å². The highest BCUT2D eigenvalue weighted by Crippen LogP contribution is 2.31. The first kappa shape index (κ1) is 15.5. The summed E-state index contributed by atoms with van der Waals surface area (Å²) in [7, 11) is 0. The molecule has 114 valence electrons. The van der Waals surface area contributed by atoms with E-state index in [2.05, 4.69) is 10.1 Å². The Bertz CT molecular complexity index is 595. The molecule has 1 aromatic carbocycles. The molecule has 0 spiro atoms. The van der Waals surface area contributed by atoms with Crippen LogP contribution in [0.3, 0.4) is 0 Å². The first-order valence-electron chi connectivity index (χ1n) is 6.67. The molecule has 0 aliphatic carbocycles. The van der Waals surface area contributed by atoms with Crippen molar-refractivity contribution in [2.24, 2.45) is 5.73 Å². The molecule has 1 atom stereocenters. The van der Waals surface area contributed by atoms with Crippen LogP contribution in [0.2, 0.25) is 0 Å². The molecule has 0 amide bonds. The summed E-state index contributed by atoms with van der Waals surface area (Å²) >= 11 is 0. The van der Waals surface area contributed by atoms with Crippen LogP contribution in [0.5, 0.6) is 0 Å². The summed E-state index contributed by atoms with van der Waals surface area (Å²) in [6.07, 6.45) is -2.70. The van der Waals surface area contributed by atoms with Crippen molar-refractivity contribution in [3.8, 4) is 11.4 Å². The molecule has 2 aromatic rings. The average molecular weight is 299 g/mol. The molecule has 0 bridgehead atoms. The predicted octanol–water partition coefficient (Wildman–Crippen LogP) is 3.60. The molecule has 0 aliphatic heterocycles. The van der Waals surface area contributed by atoms with Gasteiger partial charge in [0.05, 0.1) is 11.5 Å². The third-order valence-corrected chi connectivity index (χ3v) is 3.16. The normalized spacial score (nSPS) is 13.4. The lowest BCUT2D eigenvalue weighted by atomic mass is 10.0. The maximum Gasteiger partial charge on any atom is 0.416 e. The summed E-state index contributed by atoms with van der Waals surface area (Å²) in [5.41, 5.74) is 5.17. The molecule has 0 aliphatic rings. The van der Waals surface area contributed by atoms with Gasteiger partial charge in [0.15, 0.2) is 0 Å². The number of benzene rings is 1. The van der Waals surface area contributed by atoms with Crippen molar-refractivity contribution in [1.82, 2.24) is 10.1 Å². The lowest BCUT2D eigenvalue weighted by Crippen LogP contribution is -2.12. The molecular weight excluding hydrogens is 283 g/mol. The maximum atomic E-state index is 12.7. The lowest BCUT2D eigenvalue weighted by molar-refractivity contribution is -0.137. The molecule has 7 heteroatoms. The Hall–Kier alpha value is -1.89. The highest BCUT2D eigenvalue weighted by atomic mass is 19.4. The predicted molar refractivity (Wildman–Crippen MR) is 71.4 cm³/mol. The molecule has 0 fully saturated rings. The number of rotatable bonds is 5. The number of hydrogen-bond acceptors (Lipinski definition) is 4. The van der Waals surface area contributed by atoms with E-state index in [9.17, 15) is 13.2 Å². The van der Waals surface area contributed by atoms with Crippen LogP contribution in [0.25, 0.3) is 11.4 Å². The fourth-order valence-electron chi connectivity index (χ4n) is 2.04. The minimum atomic E-state index is -4.40. The molecule has 1 unspecified atom stereocenters. The summed E-state index contributed by atoms with van der Waals surface area (Å²) in [4.78, 5) is 4.17. The fourth-order valence-corrected chi connectivity index (χ4v) is 2.04. The van der Waals surface area contributed by atoms with Crippen molar-refractivity contribution in [2.45, 2.75) is 31.9 Å². The van der Waals surface area contributed by atoms with E-state index in [0.717, 1.165) is 25.0 Å². The Kier molecular flexibility index (Phi) is 4.62.